The molecule has 0 atom stereocenters. The summed E-state index contributed by atoms with van der Waals surface area (Å²) in [6, 6.07) is 11.6. The SMILES string of the molecule is O=C(NCc1c(F)cccc1F)C1CN(c2nc3ccccc3s2)C1. The Bertz CT molecular complexity index is 884. The van der Waals surface area contributed by atoms with Crippen LogP contribution in [0.25, 0.3) is 10.2 Å². The van der Waals surface area contributed by atoms with Crippen molar-refractivity contribution >= 4 is 32.6 Å². The van der Waals surface area contributed by atoms with Crippen LogP contribution in [0, 0.1) is 17.6 Å². The minimum Gasteiger partial charge on any atom is -0.351 e. The largest absolute Gasteiger partial charge is 0.351 e. The van der Waals surface area contributed by atoms with Crippen LogP contribution in [0.5, 0.6) is 0 Å². The molecule has 1 N–H and O–H groups in total. The molecule has 1 amide bonds. The fourth-order valence-electron chi connectivity index (χ4n) is 2.82. The Morgan fingerprint density at radius 3 is 2.60 bits per heavy atom. The lowest BCUT2D eigenvalue weighted by Gasteiger charge is -2.37. The van der Waals surface area contributed by atoms with Gasteiger partial charge in [-0.05, 0) is 24.3 Å². The summed E-state index contributed by atoms with van der Waals surface area (Å²) in [7, 11) is 0. The van der Waals surface area contributed by atoms with Crippen molar-refractivity contribution in [3.63, 3.8) is 0 Å². The van der Waals surface area contributed by atoms with Gasteiger partial charge in [-0.3, -0.25) is 4.79 Å². The van der Waals surface area contributed by atoms with Gasteiger partial charge in [-0.1, -0.05) is 29.5 Å². The molecular formula is C18H15F2N3OS. The van der Waals surface area contributed by atoms with Crippen LogP contribution in [0.3, 0.4) is 0 Å². The standard InChI is InChI=1S/C18H15F2N3OS/c19-13-4-3-5-14(20)12(13)8-21-17(24)11-9-23(10-11)18-22-15-6-1-2-7-16(15)25-18/h1-7,11H,8-10H2,(H,21,24). The van der Waals surface area contributed by atoms with Gasteiger partial charge in [-0.25, -0.2) is 13.8 Å². The zero-order chi connectivity index (χ0) is 17.4. The van der Waals surface area contributed by atoms with E-state index in [2.05, 4.69) is 10.3 Å². The highest BCUT2D eigenvalue weighted by Crippen LogP contribution is 2.32. The van der Waals surface area contributed by atoms with Crippen molar-refractivity contribution in [2.45, 2.75) is 6.54 Å². The van der Waals surface area contributed by atoms with Crippen LogP contribution in [-0.2, 0) is 11.3 Å². The molecule has 1 fully saturated rings. The van der Waals surface area contributed by atoms with Crippen molar-refractivity contribution in [3.8, 4) is 0 Å². The summed E-state index contributed by atoms with van der Waals surface area (Å²) in [6.07, 6.45) is 0. The van der Waals surface area contributed by atoms with Crippen molar-refractivity contribution in [3.05, 3.63) is 59.7 Å². The Hall–Kier alpha value is -2.54. The number of hydrogen-bond donors (Lipinski definition) is 1. The summed E-state index contributed by atoms with van der Waals surface area (Å²) < 4.78 is 28.3. The molecule has 3 aromatic rings. The highest BCUT2D eigenvalue weighted by molar-refractivity contribution is 7.22. The van der Waals surface area contributed by atoms with Crippen molar-refractivity contribution in [1.82, 2.24) is 10.3 Å². The van der Waals surface area contributed by atoms with Gasteiger partial charge in [0.1, 0.15) is 11.6 Å². The van der Waals surface area contributed by atoms with E-state index in [9.17, 15) is 13.6 Å². The summed E-state index contributed by atoms with van der Waals surface area (Å²) >= 11 is 1.59. The molecule has 128 valence electrons. The number of aromatic nitrogens is 1. The van der Waals surface area contributed by atoms with Gasteiger partial charge < -0.3 is 10.2 Å². The molecule has 1 aliphatic heterocycles. The van der Waals surface area contributed by atoms with E-state index in [-0.39, 0.29) is 23.9 Å². The lowest BCUT2D eigenvalue weighted by Crippen LogP contribution is -2.53. The van der Waals surface area contributed by atoms with E-state index in [1.54, 1.807) is 11.3 Å². The zero-order valence-electron chi connectivity index (χ0n) is 13.2. The Kier molecular flexibility index (Phi) is 4.09. The van der Waals surface area contributed by atoms with E-state index in [0.717, 1.165) is 15.3 Å². The summed E-state index contributed by atoms with van der Waals surface area (Å²) in [5, 5.41) is 3.51. The van der Waals surface area contributed by atoms with Crippen molar-refractivity contribution in [2.75, 3.05) is 18.0 Å². The Morgan fingerprint density at radius 2 is 1.88 bits per heavy atom. The average Bonchev–Trinajstić information content (AvgIpc) is 2.96. The highest BCUT2D eigenvalue weighted by atomic mass is 32.1. The summed E-state index contributed by atoms with van der Waals surface area (Å²) in [5.41, 5.74) is 0.837. The Morgan fingerprint density at radius 1 is 1.16 bits per heavy atom. The first-order chi connectivity index (χ1) is 12.1. The lowest BCUT2D eigenvalue weighted by molar-refractivity contribution is -0.125. The third-order valence-corrected chi connectivity index (χ3v) is 5.40. The average molecular weight is 359 g/mol. The number of halogens is 2. The number of nitrogens with zero attached hydrogens (tertiary/aromatic N) is 2. The van der Waals surface area contributed by atoms with Crippen LogP contribution >= 0.6 is 11.3 Å². The number of carbonyl (C=O) groups is 1. The normalized spacial score (nSPS) is 14.6. The van der Waals surface area contributed by atoms with Gasteiger partial charge in [0.15, 0.2) is 5.13 Å². The molecule has 0 bridgehead atoms. The van der Waals surface area contributed by atoms with Gasteiger partial charge in [-0.15, -0.1) is 0 Å². The van der Waals surface area contributed by atoms with E-state index in [1.807, 2.05) is 29.2 Å². The first-order valence-electron chi connectivity index (χ1n) is 7.93. The number of benzene rings is 2. The molecule has 0 spiro atoms. The maximum absolute atomic E-state index is 13.6. The van der Waals surface area contributed by atoms with Gasteiger partial charge in [0, 0.05) is 25.2 Å². The number of anilines is 1. The molecule has 1 aromatic heterocycles. The number of thiazole rings is 1. The molecule has 4 nitrogen and oxygen atoms in total. The van der Waals surface area contributed by atoms with Gasteiger partial charge in [0.25, 0.3) is 0 Å². The van der Waals surface area contributed by atoms with Crippen LogP contribution in [0.1, 0.15) is 5.56 Å². The number of hydrogen-bond acceptors (Lipinski definition) is 4. The predicted molar refractivity (Wildman–Crippen MR) is 93.5 cm³/mol. The molecule has 0 unspecified atom stereocenters. The Balaban J connectivity index is 1.35. The van der Waals surface area contributed by atoms with Crippen molar-refractivity contribution < 1.29 is 13.6 Å². The molecule has 7 heteroatoms. The molecule has 4 rings (SSSR count). The summed E-state index contributed by atoms with van der Waals surface area (Å²) in [5.74, 6) is -1.68. The van der Waals surface area contributed by atoms with Crippen LogP contribution in [0.4, 0.5) is 13.9 Å². The van der Waals surface area contributed by atoms with E-state index in [1.165, 1.54) is 18.2 Å². The maximum atomic E-state index is 13.6. The second-order valence-corrected chi connectivity index (χ2v) is 6.99. The minimum atomic E-state index is -0.648. The summed E-state index contributed by atoms with van der Waals surface area (Å²) in [6.45, 7) is 0.978. The van der Waals surface area contributed by atoms with Crippen LogP contribution in [0.15, 0.2) is 42.5 Å². The lowest BCUT2D eigenvalue weighted by atomic mass is 10.00. The molecule has 1 saturated heterocycles. The van der Waals surface area contributed by atoms with E-state index >= 15 is 0 Å². The number of carbonyl (C=O) groups excluding carboxylic acids is 1. The first-order valence-corrected chi connectivity index (χ1v) is 8.74. The number of fused-ring (bicyclic) bond motifs is 1. The smallest absolute Gasteiger partial charge is 0.226 e. The van der Waals surface area contributed by atoms with Crippen molar-refractivity contribution in [2.24, 2.45) is 5.92 Å². The maximum Gasteiger partial charge on any atom is 0.226 e. The fourth-order valence-corrected chi connectivity index (χ4v) is 3.80. The second kappa shape index (κ2) is 6.40. The van der Waals surface area contributed by atoms with E-state index in [4.69, 9.17) is 0 Å². The second-order valence-electron chi connectivity index (χ2n) is 5.98. The number of amides is 1. The molecule has 1 aliphatic rings. The highest BCUT2D eigenvalue weighted by Gasteiger charge is 2.34. The van der Waals surface area contributed by atoms with Crippen molar-refractivity contribution in [1.29, 1.82) is 0 Å². The van der Waals surface area contributed by atoms with E-state index in [0.29, 0.717) is 13.1 Å². The molecule has 2 aromatic carbocycles. The van der Waals surface area contributed by atoms with Gasteiger partial charge in [0.2, 0.25) is 5.91 Å². The van der Waals surface area contributed by atoms with Crippen LogP contribution in [-0.4, -0.2) is 24.0 Å². The molecule has 0 radical (unpaired) electrons. The molecule has 25 heavy (non-hydrogen) atoms. The topological polar surface area (TPSA) is 45.2 Å². The number of para-hydroxylation sites is 1. The Labute approximate surface area is 147 Å². The van der Waals surface area contributed by atoms with Gasteiger partial charge in [0.05, 0.1) is 16.1 Å². The van der Waals surface area contributed by atoms with Crippen LogP contribution in [0.2, 0.25) is 0 Å². The zero-order valence-corrected chi connectivity index (χ0v) is 14.0. The first kappa shape index (κ1) is 16.0. The molecule has 2 heterocycles. The molecule has 0 aliphatic carbocycles. The quantitative estimate of drug-likeness (QED) is 0.777. The number of rotatable bonds is 4. The van der Waals surface area contributed by atoms with Gasteiger partial charge >= 0.3 is 0 Å². The number of nitrogens with one attached hydrogen (secondary N) is 1. The van der Waals surface area contributed by atoms with Crippen LogP contribution < -0.4 is 10.2 Å². The minimum absolute atomic E-state index is 0.113. The third kappa shape index (κ3) is 3.07. The van der Waals surface area contributed by atoms with E-state index < -0.39 is 11.6 Å². The monoisotopic (exact) mass is 359 g/mol. The van der Waals surface area contributed by atoms with Gasteiger partial charge in [-0.2, -0.15) is 0 Å². The fraction of sp³-hybridized carbons (Fsp3) is 0.222. The summed E-state index contributed by atoms with van der Waals surface area (Å²) in [4.78, 5) is 18.8. The molecule has 0 saturated carbocycles. The predicted octanol–water partition coefficient (Wildman–Crippen LogP) is 3.33. The third-order valence-electron chi connectivity index (χ3n) is 4.31. The molecular weight excluding hydrogens is 344 g/mol.